The summed E-state index contributed by atoms with van der Waals surface area (Å²) >= 11 is 0. The highest BCUT2D eigenvalue weighted by Gasteiger charge is 2.22. The van der Waals surface area contributed by atoms with Crippen LogP contribution in [0, 0.1) is 0 Å². The molecule has 0 saturated heterocycles. The van der Waals surface area contributed by atoms with Crippen LogP contribution in [0.2, 0.25) is 0 Å². The molecule has 1 aliphatic heterocycles. The third kappa shape index (κ3) is 7.98. The van der Waals surface area contributed by atoms with Crippen LogP contribution in [0.3, 0.4) is 0 Å². The van der Waals surface area contributed by atoms with Gasteiger partial charge in [-0.1, -0.05) is 38.1 Å². The number of hydrogen-bond donors (Lipinski definition) is 2. The molecule has 0 aromatic heterocycles. The van der Waals surface area contributed by atoms with Crippen molar-refractivity contribution in [1.29, 1.82) is 0 Å². The summed E-state index contributed by atoms with van der Waals surface area (Å²) < 4.78 is 0. The van der Waals surface area contributed by atoms with Crippen LogP contribution in [-0.2, 0) is 17.9 Å². The molecule has 1 unspecified atom stereocenters. The maximum absolute atomic E-state index is 12.5. The number of nitrogens with zero attached hydrogens (tertiary/aromatic N) is 3. The number of nitrogens with one attached hydrogen (secondary N) is 2. The van der Waals surface area contributed by atoms with Crippen LogP contribution in [0.15, 0.2) is 29.3 Å². The molecule has 6 heteroatoms. The van der Waals surface area contributed by atoms with Gasteiger partial charge in [-0.3, -0.25) is 9.79 Å². The Labute approximate surface area is 183 Å². The molecular formula is C24H41N5O. The second-order valence-electron chi connectivity index (χ2n) is 8.10. The van der Waals surface area contributed by atoms with Crippen LogP contribution in [0.5, 0.6) is 0 Å². The van der Waals surface area contributed by atoms with Crippen molar-refractivity contribution in [3.8, 4) is 0 Å². The van der Waals surface area contributed by atoms with E-state index in [1.54, 1.807) is 0 Å². The van der Waals surface area contributed by atoms with Crippen molar-refractivity contribution < 1.29 is 4.79 Å². The maximum atomic E-state index is 12.5. The predicted octanol–water partition coefficient (Wildman–Crippen LogP) is 3.37. The van der Waals surface area contributed by atoms with E-state index < -0.39 is 0 Å². The lowest BCUT2D eigenvalue weighted by atomic mass is 10.1. The molecule has 1 atom stereocenters. The summed E-state index contributed by atoms with van der Waals surface area (Å²) in [7, 11) is 0. The smallest absolute Gasteiger partial charge is 0.223 e. The number of hydrogen-bond acceptors (Lipinski definition) is 3. The molecule has 168 valence electrons. The van der Waals surface area contributed by atoms with E-state index in [0.29, 0.717) is 19.0 Å². The van der Waals surface area contributed by atoms with Crippen LogP contribution < -0.4 is 10.6 Å². The average molecular weight is 416 g/mol. The summed E-state index contributed by atoms with van der Waals surface area (Å²) in [5.41, 5.74) is 2.55. The summed E-state index contributed by atoms with van der Waals surface area (Å²) in [6.07, 6.45) is 3.63. The molecule has 0 spiro atoms. The molecule has 1 aromatic rings. The Bertz CT molecular complexity index is 646. The number of fused-ring (bicyclic) bond motifs is 1. The Kier molecular flexibility index (Phi) is 10.7. The Morgan fingerprint density at radius 2 is 1.80 bits per heavy atom. The SMILES string of the molecule is CCNC(=NCCCC(=O)N1Cc2ccccc2C1)NC(C)CCCN(CC)CC. The predicted molar refractivity (Wildman–Crippen MR) is 126 cm³/mol. The molecule has 1 aliphatic rings. The molecule has 2 rings (SSSR count). The van der Waals surface area contributed by atoms with Gasteiger partial charge in [-0.2, -0.15) is 0 Å². The Balaban J connectivity index is 1.69. The normalized spacial score (nSPS) is 14.7. The molecule has 0 aliphatic carbocycles. The Hall–Kier alpha value is -2.08. The van der Waals surface area contributed by atoms with Crippen molar-refractivity contribution in [2.75, 3.05) is 32.7 Å². The lowest BCUT2D eigenvalue weighted by Gasteiger charge is -2.21. The zero-order chi connectivity index (χ0) is 21.8. The second kappa shape index (κ2) is 13.3. The molecular weight excluding hydrogens is 374 g/mol. The molecule has 0 fully saturated rings. The lowest BCUT2D eigenvalue weighted by Crippen LogP contribution is -2.42. The number of rotatable bonds is 12. The van der Waals surface area contributed by atoms with Crippen LogP contribution >= 0.6 is 0 Å². The highest BCUT2D eigenvalue weighted by molar-refractivity contribution is 5.80. The molecule has 0 radical (unpaired) electrons. The maximum Gasteiger partial charge on any atom is 0.223 e. The van der Waals surface area contributed by atoms with Crippen LogP contribution in [0.4, 0.5) is 0 Å². The fourth-order valence-corrected chi connectivity index (χ4v) is 3.88. The van der Waals surface area contributed by atoms with Gasteiger partial charge in [-0.25, -0.2) is 0 Å². The fourth-order valence-electron chi connectivity index (χ4n) is 3.88. The summed E-state index contributed by atoms with van der Waals surface area (Å²) in [6, 6.07) is 8.70. The minimum Gasteiger partial charge on any atom is -0.357 e. The van der Waals surface area contributed by atoms with E-state index in [1.165, 1.54) is 17.5 Å². The van der Waals surface area contributed by atoms with E-state index >= 15 is 0 Å². The van der Waals surface area contributed by atoms with E-state index in [9.17, 15) is 4.79 Å². The molecule has 1 heterocycles. The fraction of sp³-hybridized carbons (Fsp3) is 0.667. The van der Waals surface area contributed by atoms with Crippen molar-refractivity contribution in [2.45, 2.75) is 72.5 Å². The average Bonchev–Trinajstić information content (AvgIpc) is 3.18. The molecule has 1 amide bonds. The first-order valence-corrected chi connectivity index (χ1v) is 11.7. The quantitative estimate of drug-likeness (QED) is 0.312. The second-order valence-corrected chi connectivity index (χ2v) is 8.10. The van der Waals surface area contributed by atoms with Gasteiger partial charge in [0.2, 0.25) is 5.91 Å². The van der Waals surface area contributed by atoms with E-state index in [1.807, 2.05) is 17.0 Å². The van der Waals surface area contributed by atoms with Crippen molar-refractivity contribution in [2.24, 2.45) is 4.99 Å². The van der Waals surface area contributed by atoms with Gasteiger partial charge in [0.25, 0.3) is 0 Å². The molecule has 30 heavy (non-hydrogen) atoms. The summed E-state index contributed by atoms with van der Waals surface area (Å²) in [6.45, 7) is 15.1. The third-order valence-corrected chi connectivity index (χ3v) is 5.75. The van der Waals surface area contributed by atoms with Crippen molar-refractivity contribution in [3.05, 3.63) is 35.4 Å². The van der Waals surface area contributed by atoms with Crippen LogP contribution in [-0.4, -0.2) is 60.4 Å². The van der Waals surface area contributed by atoms with Gasteiger partial charge < -0.3 is 20.4 Å². The van der Waals surface area contributed by atoms with Gasteiger partial charge >= 0.3 is 0 Å². The van der Waals surface area contributed by atoms with E-state index in [0.717, 1.165) is 58.1 Å². The number of carbonyl (C=O) groups is 1. The first kappa shape index (κ1) is 24.2. The molecule has 6 nitrogen and oxygen atoms in total. The minimum absolute atomic E-state index is 0.226. The van der Waals surface area contributed by atoms with E-state index in [4.69, 9.17) is 0 Å². The third-order valence-electron chi connectivity index (χ3n) is 5.75. The highest BCUT2D eigenvalue weighted by atomic mass is 16.2. The summed E-state index contributed by atoms with van der Waals surface area (Å²) in [5.74, 6) is 1.08. The van der Waals surface area contributed by atoms with Crippen LogP contribution in [0.1, 0.15) is 64.5 Å². The van der Waals surface area contributed by atoms with Gasteiger partial charge in [0.05, 0.1) is 0 Å². The molecule has 2 N–H and O–H groups in total. The standard InChI is InChI=1S/C24H41N5O/c1-5-25-24(27-20(4)12-11-17-28(6-2)7-3)26-16-10-15-23(30)29-18-21-13-8-9-14-22(21)19-29/h8-9,13-14,20H,5-7,10-12,15-19H2,1-4H3,(H2,25,26,27). The monoisotopic (exact) mass is 415 g/mol. The molecule has 0 bridgehead atoms. The first-order chi connectivity index (χ1) is 14.6. The Morgan fingerprint density at radius 1 is 1.13 bits per heavy atom. The number of guanidine groups is 1. The van der Waals surface area contributed by atoms with E-state index in [2.05, 4.69) is 60.4 Å². The number of benzene rings is 1. The summed E-state index contributed by atoms with van der Waals surface area (Å²) in [5, 5.41) is 6.83. The highest BCUT2D eigenvalue weighted by Crippen LogP contribution is 2.22. The lowest BCUT2D eigenvalue weighted by molar-refractivity contribution is -0.131. The van der Waals surface area contributed by atoms with Crippen molar-refractivity contribution in [3.63, 3.8) is 0 Å². The number of aliphatic imine (C=N–C) groups is 1. The van der Waals surface area contributed by atoms with Gasteiger partial charge in [0, 0.05) is 38.6 Å². The van der Waals surface area contributed by atoms with Crippen molar-refractivity contribution >= 4 is 11.9 Å². The van der Waals surface area contributed by atoms with Gasteiger partial charge in [0.15, 0.2) is 5.96 Å². The van der Waals surface area contributed by atoms with E-state index in [-0.39, 0.29) is 5.91 Å². The number of carbonyl (C=O) groups excluding carboxylic acids is 1. The molecule has 0 saturated carbocycles. The van der Waals surface area contributed by atoms with Crippen molar-refractivity contribution in [1.82, 2.24) is 20.4 Å². The zero-order valence-electron chi connectivity index (χ0n) is 19.4. The molecule has 1 aromatic carbocycles. The van der Waals surface area contributed by atoms with Gasteiger partial charge in [0.1, 0.15) is 0 Å². The first-order valence-electron chi connectivity index (χ1n) is 11.7. The topological polar surface area (TPSA) is 60.0 Å². The van der Waals surface area contributed by atoms with Gasteiger partial charge in [-0.15, -0.1) is 0 Å². The summed E-state index contributed by atoms with van der Waals surface area (Å²) in [4.78, 5) is 21.6. The number of amides is 1. The van der Waals surface area contributed by atoms with Crippen LogP contribution in [0.25, 0.3) is 0 Å². The van der Waals surface area contributed by atoms with Gasteiger partial charge in [-0.05, 0) is 63.9 Å². The largest absolute Gasteiger partial charge is 0.357 e. The zero-order valence-corrected chi connectivity index (χ0v) is 19.4. The Morgan fingerprint density at radius 3 is 2.40 bits per heavy atom. The minimum atomic E-state index is 0.226.